The first kappa shape index (κ1) is 15.3. The molecule has 0 amide bonds. The number of piperazine rings is 1. The zero-order valence-electron chi connectivity index (χ0n) is 13.5. The molecule has 0 aliphatic carbocycles. The lowest BCUT2D eigenvalue weighted by atomic mass is 9.95. The van der Waals surface area contributed by atoms with Gasteiger partial charge in [-0.25, -0.2) is 0 Å². The fourth-order valence-corrected chi connectivity index (χ4v) is 3.20. The minimum Gasteiger partial charge on any atom is -0.314 e. The minimum absolute atomic E-state index is 1.09. The summed E-state index contributed by atoms with van der Waals surface area (Å²) in [6, 6.07) is 17.8. The smallest absolute Gasteiger partial charge is 0.0108 e. The van der Waals surface area contributed by atoms with E-state index < -0.39 is 0 Å². The van der Waals surface area contributed by atoms with Gasteiger partial charge < -0.3 is 10.2 Å². The normalized spacial score (nSPS) is 15.9. The lowest BCUT2D eigenvalue weighted by Crippen LogP contribution is -2.44. The van der Waals surface area contributed by atoms with Crippen molar-refractivity contribution in [3.8, 4) is 11.1 Å². The predicted octanol–water partition coefficient (Wildman–Crippen LogP) is 3.36. The molecule has 0 aromatic heterocycles. The Morgan fingerprint density at radius 3 is 2.50 bits per heavy atom. The van der Waals surface area contributed by atoms with E-state index in [-0.39, 0.29) is 0 Å². The number of nitrogens with zero attached hydrogens (tertiary/aromatic N) is 1. The van der Waals surface area contributed by atoms with E-state index in [0.29, 0.717) is 0 Å². The van der Waals surface area contributed by atoms with E-state index in [4.69, 9.17) is 0 Å². The number of hydrogen-bond acceptors (Lipinski definition) is 2. The molecule has 0 saturated carbocycles. The van der Waals surface area contributed by atoms with Crippen LogP contribution in [0.5, 0.6) is 0 Å². The largest absolute Gasteiger partial charge is 0.314 e. The summed E-state index contributed by atoms with van der Waals surface area (Å²) in [5.74, 6) is 0. The molecule has 1 aliphatic rings. The molecule has 116 valence electrons. The molecule has 1 N–H and O–H groups in total. The van der Waals surface area contributed by atoms with Gasteiger partial charge in [0.25, 0.3) is 0 Å². The predicted molar refractivity (Wildman–Crippen MR) is 94.3 cm³/mol. The summed E-state index contributed by atoms with van der Waals surface area (Å²) >= 11 is 0. The van der Waals surface area contributed by atoms with Gasteiger partial charge in [-0.15, -0.1) is 0 Å². The number of aryl methyl sites for hydroxylation is 1. The molecule has 0 unspecified atom stereocenters. The van der Waals surface area contributed by atoms with Crippen LogP contribution in [-0.2, 0) is 12.8 Å². The molecule has 2 heteroatoms. The summed E-state index contributed by atoms with van der Waals surface area (Å²) in [5, 5.41) is 3.42. The molecule has 2 nitrogen and oxygen atoms in total. The number of nitrogens with one attached hydrogen (secondary N) is 1. The molecule has 2 aromatic rings. The second kappa shape index (κ2) is 7.57. The van der Waals surface area contributed by atoms with Gasteiger partial charge in [0, 0.05) is 32.7 Å². The molecule has 1 aliphatic heterocycles. The first-order valence-electron chi connectivity index (χ1n) is 8.47. The van der Waals surface area contributed by atoms with Gasteiger partial charge in [0.1, 0.15) is 0 Å². The fraction of sp³-hybridized carbons (Fsp3) is 0.400. The van der Waals surface area contributed by atoms with Crippen LogP contribution in [-0.4, -0.2) is 37.6 Å². The second-order valence-electron chi connectivity index (χ2n) is 6.05. The van der Waals surface area contributed by atoms with E-state index in [1.54, 1.807) is 0 Å². The first-order valence-corrected chi connectivity index (χ1v) is 8.47. The van der Waals surface area contributed by atoms with Crippen LogP contribution in [0.4, 0.5) is 0 Å². The Morgan fingerprint density at radius 2 is 1.77 bits per heavy atom. The van der Waals surface area contributed by atoms with Crippen molar-refractivity contribution in [2.75, 3.05) is 32.7 Å². The van der Waals surface area contributed by atoms with Gasteiger partial charge in [-0.2, -0.15) is 0 Å². The van der Waals surface area contributed by atoms with Crippen LogP contribution < -0.4 is 5.32 Å². The third-order valence-electron chi connectivity index (χ3n) is 4.57. The van der Waals surface area contributed by atoms with Crippen molar-refractivity contribution < 1.29 is 0 Å². The fourth-order valence-electron chi connectivity index (χ4n) is 3.20. The van der Waals surface area contributed by atoms with Crippen LogP contribution in [0, 0.1) is 0 Å². The van der Waals surface area contributed by atoms with Crippen molar-refractivity contribution >= 4 is 0 Å². The average Bonchev–Trinajstić information content (AvgIpc) is 2.61. The van der Waals surface area contributed by atoms with Crippen molar-refractivity contribution in [1.82, 2.24) is 10.2 Å². The van der Waals surface area contributed by atoms with Crippen LogP contribution in [0.3, 0.4) is 0 Å². The molecular weight excluding hydrogens is 268 g/mol. The Bertz CT molecular complexity index is 586. The van der Waals surface area contributed by atoms with Gasteiger partial charge >= 0.3 is 0 Å². The first-order chi connectivity index (χ1) is 10.9. The highest BCUT2D eigenvalue weighted by molar-refractivity contribution is 5.68. The average molecular weight is 294 g/mol. The number of benzene rings is 2. The molecule has 1 heterocycles. The standard InChI is InChI=1S/C20H26N2/c1-2-18-9-8-17(10-13-22-14-11-21-12-15-22)16-20(18)19-6-4-3-5-7-19/h3-9,16,21H,2,10-15H2,1H3. The topological polar surface area (TPSA) is 15.3 Å². The molecule has 1 fully saturated rings. The van der Waals surface area contributed by atoms with Crippen molar-refractivity contribution in [2.45, 2.75) is 19.8 Å². The molecule has 2 aromatic carbocycles. The van der Waals surface area contributed by atoms with Crippen LogP contribution in [0.1, 0.15) is 18.1 Å². The van der Waals surface area contributed by atoms with E-state index >= 15 is 0 Å². The lowest BCUT2D eigenvalue weighted by molar-refractivity contribution is 0.244. The van der Waals surface area contributed by atoms with E-state index in [2.05, 4.69) is 65.7 Å². The number of rotatable bonds is 5. The van der Waals surface area contributed by atoms with Crippen LogP contribution in [0.15, 0.2) is 48.5 Å². The summed E-state index contributed by atoms with van der Waals surface area (Å²) in [7, 11) is 0. The maximum absolute atomic E-state index is 3.42. The van der Waals surface area contributed by atoms with E-state index in [1.165, 1.54) is 41.9 Å². The van der Waals surface area contributed by atoms with Crippen LogP contribution in [0.25, 0.3) is 11.1 Å². The molecule has 0 radical (unpaired) electrons. The lowest BCUT2D eigenvalue weighted by Gasteiger charge is -2.27. The highest BCUT2D eigenvalue weighted by Gasteiger charge is 2.10. The van der Waals surface area contributed by atoms with Gasteiger partial charge in [-0.3, -0.25) is 0 Å². The Balaban J connectivity index is 1.75. The summed E-state index contributed by atoms with van der Waals surface area (Å²) in [5.41, 5.74) is 5.64. The highest BCUT2D eigenvalue weighted by Crippen LogP contribution is 2.25. The Kier molecular flexibility index (Phi) is 5.25. The van der Waals surface area contributed by atoms with Gasteiger partial charge in [0.05, 0.1) is 0 Å². The summed E-state index contributed by atoms with van der Waals surface area (Å²) in [6.07, 6.45) is 2.23. The Morgan fingerprint density at radius 1 is 1.00 bits per heavy atom. The zero-order valence-corrected chi connectivity index (χ0v) is 13.5. The number of hydrogen-bond donors (Lipinski definition) is 1. The minimum atomic E-state index is 1.09. The molecule has 3 rings (SSSR count). The van der Waals surface area contributed by atoms with Crippen molar-refractivity contribution in [2.24, 2.45) is 0 Å². The third-order valence-corrected chi connectivity index (χ3v) is 4.57. The van der Waals surface area contributed by atoms with Gasteiger partial charge in [0.15, 0.2) is 0 Å². The maximum Gasteiger partial charge on any atom is 0.0108 e. The maximum atomic E-state index is 3.42. The molecule has 0 spiro atoms. The van der Waals surface area contributed by atoms with Gasteiger partial charge in [0.2, 0.25) is 0 Å². The van der Waals surface area contributed by atoms with E-state index in [0.717, 1.165) is 25.9 Å². The SMILES string of the molecule is CCc1ccc(CCN2CCNCC2)cc1-c1ccccc1. The second-order valence-corrected chi connectivity index (χ2v) is 6.05. The van der Waals surface area contributed by atoms with Crippen molar-refractivity contribution in [3.05, 3.63) is 59.7 Å². The summed E-state index contributed by atoms with van der Waals surface area (Å²) in [4.78, 5) is 2.56. The monoisotopic (exact) mass is 294 g/mol. The van der Waals surface area contributed by atoms with Gasteiger partial charge in [-0.1, -0.05) is 55.5 Å². The summed E-state index contributed by atoms with van der Waals surface area (Å²) < 4.78 is 0. The molecular formula is C20H26N2. The Hall–Kier alpha value is -1.64. The molecule has 1 saturated heterocycles. The quantitative estimate of drug-likeness (QED) is 0.909. The molecule has 22 heavy (non-hydrogen) atoms. The van der Waals surface area contributed by atoms with E-state index in [1.807, 2.05) is 0 Å². The van der Waals surface area contributed by atoms with Crippen LogP contribution in [0.2, 0.25) is 0 Å². The van der Waals surface area contributed by atoms with Crippen molar-refractivity contribution in [1.29, 1.82) is 0 Å². The van der Waals surface area contributed by atoms with Crippen molar-refractivity contribution in [3.63, 3.8) is 0 Å². The van der Waals surface area contributed by atoms with Gasteiger partial charge in [-0.05, 0) is 35.1 Å². The summed E-state index contributed by atoms with van der Waals surface area (Å²) in [6.45, 7) is 8.02. The Labute approximate surface area is 134 Å². The highest BCUT2D eigenvalue weighted by atomic mass is 15.2. The van der Waals surface area contributed by atoms with Crippen LogP contribution >= 0.6 is 0 Å². The molecule has 0 atom stereocenters. The third kappa shape index (κ3) is 3.76. The zero-order chi connectivity index (χ0) is 15.2. The van der Waals surface area contributed by atoms with E-state index in [9.17, 15) is 0 Å². The molecule has 0 bridgehead atoms.